The Morgan fingerprint density at radius 2 is 1.95 bits per heavy atom. The molecular weight excluding hydrogens is 276 g/mol. The highest BCUT2D eigenvalue weighted by molar-refractivity contribution is 6.26. The normalized spacial score (nSPS) is 40.8. The van der Waals surface area contributed by atoms with E-state index in [-0.39, 0.29) is 12.0 Å². The highest BCUT2D eigenvalue weighted by Crippen LogP contribution is 2.38. The predicted molar refractivity (Wildman–Crippen MR) is 65.8 cm³/mol. The van der Waals surface area contributed by atoms with Crippen LogP contribution in [0.1, 0.15) is 20.8 Å². The Kier molecular flexibility index (Phi) is 4.37. The third-order valence-electron chi connectivity index (χ3n) is 3.18. The Labute approximate surface area is 117 Å². The van der Waals surface area contributed by atoms with Gasteiger partial charge in [0, 0.05) is 7.11 Å². The molecule has 2 rings (SSSR count). The molecule has 0 N–H and O–H groups in total. The van der Waals surface area contributed by atoms with Crippen molar-refractivity contribution >= 4 is 17.6 Å². The van der Waals surface area contributed by atoms with Crippen molar-refractivity contribution in [1.29, 1.82) is 0 Å². The van der Waals surface area contributed by atoms with Crippen LogP contribution in [0.25, 0.3) is 0 Å². The molecule has 0 aromatic rings. The van der Waals surface area contributed by atoms with Crippen LogP contribution in [-0.2, 0) is 28.5 Å². The monoisotopic (exact) mass is 294 g/mol. The highest BCUT2D eigenvalue weighted by Gasteiger charge is 2.56. The number of carbonyl (C=O) groups is 1. The van der Waals surface area contributed by atoms with Gasteiger partial charge in [0.25, 0.3) is 0 Å². The van der Waals surface area contributed by atoms with E-state index in [2.05, 4.69) is 0 Å². The summed E-state index contributed by atoms with van der Waals surface area (Å²) in [6.45, 7) is 5.38. The molecule has 2 fully saturated rings. The maximum Gasteiger partial charge on any atom is 0.321 e. The first-order valence-corrected chi connectivity index (χ1v) is 6.70. The SMILES string of the molecule is CO[C@H]1O[C@H](C)[C@@H](OC(=O)CCl)[C@@H]2OC(C)(C)O[C@H]12. The minimum atomic E-state index is -0.773. The number of hydrogen-bond acceptors (Lipinski definition) is 6. The molecule has 6 nitrogen and oxygen atoms in total. The summed E-state index contributed by atoms with van der Waals surface area (Å²) in [6.07, 6.45) is -2.35. The first-order valence-electron chi connectivity index (χ1n) is 6.17. The lowest BCUT2D eigenvalue weighted by molar-refractivity contribution is -0.266. The van der Waals surface area contributed by atoms with Gasteiger partial charge in [0.05, 0.1) is 6.10 Å². The van der Waals surface area contributed by atoms with Gasteiger partial charge in [-0.15, -0.1) is 11.6 Å². The second-order valence-corrected chi connectivity index (χ2v) is 5.37. The second-order valence-electron chi connectivity index (χ2n) is 5.10. The van der Waals surface area contributed by atoms with Crippen molar-refractivity contribution in [2.45, 2.75) is 57.3 Å². The van der Waals surface area contributed by atoms with Crippen LogP contribution in [0.15, 0.2) is 0 Å². The van der Waals surface area contributed by atoms with E-state index in [0.717, 1.165) is 0 Å². The van der Waals surface area contributed by atoms with Gasteiger partial charge in [-0.3, -0.25) is 4.79 Å². The molecule has 0 amide bonds. The standard InChI is InChI=1S/C12H19ClO6/c1-6-8(17-7(14)5-13)9-10(11(15-4)16-6)19-12(2,3)18-9/h6,8-11H,5H2,1-4H3/t6-,8-,9+,10+,11+/m1/s1. The Bertz CT molecular complexity index is 347. The molecule has 0 saturated carbocycles. The molecule has 2 aliphatic heterocycles. The van der Waals surface area contributed by atoms with Crippen LogP contribution >= 0.6 is 11.6 Å². The molecule has 7 heteroatoms. The minimum Gasteiger partial charge on any atom is -0.456 e. The molecule has 0 spiro atoms. The lowest BCUT2D eigenvalue weighted by atomic mass is 10.00. The van der Waals surface area contributed by atoms with Gasteiger partial charge in [-0.1, -0.05) is 0 Å². The highest BCUT2D eigenvalue weighted by atomic mass is 35.5. The molecule has 2 aliphatic rings. The Morgan fingerprint density at radius 3 is 2.53 bits per heavy atom. The van der Waals surface area contributed by atoms with Gasteiger partial charge in [-0.05, 0) is 20.8 Å². The first kappa shape index (κ1) is 15.0. The Hall–Kier alpha value is -0.400. The second kappa shape index (κ2) is 5.54. The van der Waals surface area contributed by atoms with Crippen LogP contribution in [-0.4, -0.2) is 55.5 Å². The number of rotatable bonds is 3. The Balaban J connectivity index is 2.18. The van der Waals surface area contributed by atoms with Crippen molar-refractivity contribution in [2.75, 3.05) is 13.0 Å². The van der Waals surface area contributed by atoms with Crippen LogP contribution in [0.3, 0.4) is 0 Å². The molecule has 0 bridgehead atoms. The van der Waals surface area contributed by atoms with Crippen molar-refractivity contribution < 1.29 is 28.5 Å². The largest absolute Gasteiger partial charge is 0.456 e. The molecule has 0 unspecified atom stereocenters. The molecular formula is C12H19ClO6. The number of alkyl halides is 1. The zero-order valence-electron chi connectivity index (χ0n) is 11.4. The molecule has 0 radical (unpaired) electrons. The number of methoxy groups -OCH3 is 1. The summed E-state index contributed by atoms with van der Waals surface area (Å²) in [5, 5.41) is 0. The zero-order chi connectivity index (χ0) is 14.2. The van der Waals surface area contributed by atoms with Crippen LogP contribution in [0.4, 0.5) is 0 Å². The maximum absolute atomic E-state index is 11.4. The summed E-state index contributed by atoms with van der Waals surface area (Å²) in [4.78, 5) is 11.4. The number of ether oxygens (including phenoxy) is 5. The fourth-order valence-electron chi connectivity index (χ4n) is 2.45. The van der Waals surface area contributed by atoms with Crippen molar-refractivity contribution in [3.8, 4) is 0 Å². The lowest BCUT2D eigenvalue weighted by Gasteiger charge is -2.39. The molecule has 110 valence electrons. The van der Waals surface area contributed by atoms with E-state index in [1.165, 1.54) is 7.11 Å². The van der Waals surface area contributed by atoms with Crippen molar-refractivity contribution in [3.05, 3.63) is 0 Å². The summed E-state index contributed by atoms with van der Waals surface area (Å²) in [6, 6.07) is 0. The van der Waals surface area contributed by atoms with E-state index in [0.29, 0.717) is 0 Å². The predicted octanol–water partition coefficient (Wildman–Crippen LogP) is 1.05. The third-order valence-corrected chi connectivity index (χ3v) is 3.39. The molecule has 2 saturated heterocycles. The molecule has 5 atom stereocenters. The first-order chi connectivity index (χ1) is 8.88. The number of hydrogen-bond donors (Lipinski definition) is 0. The Morgan fingerprint density at radius 1 is 1.32 bits per heavy atom. The van der Waals surface area contributed by atoms with E-state index in [4.69, 9.17) is 35.3 Å². The third kappa shape index (κ3) is 3.03. The fraction of sp³-hybridized carbons (Fsp3) is 0.917. The lowest BCUT2D eigenvalue weighted by Crippen LogP contribution is -2.57. The molecule has 0 aliphatic carbocycles. The van der Waals surface area contributed by atoms with Crippen LogP contribution < -0.4 is 0 Å². The van der Waals surface area contributed by atoms with Crippen molar-refractivity contribution in [1.82, 2.24) is 0 Å². The van der Waals surface area contributed by atoms with Gasteiger partial charge in [-0.25, -0.2) is 0 Å². The van der Waals surface area contributed by atoms with Gasteiger partial charge in [-0.2, -0.15) is 0 Å². The molecule has 0 aromatic heterocycles. The van der Waals surface area contributed by atoms with Gasteiger partial charge >= 0.3 is 5.97 Å². The zero-order valence-corrected chi connectivity index (χ0v) is 12.2. The average molecular weight is 295 g/mol. The van der Waals surface area contributed by atoms with Gasteiger partial charge in [0.2, 0.25) is 0 Å². The van der Waals surface area contributed by atoms with Crippen LogP contribution in [0, 0.1) is 0 Å². The van der Waals surface area contributed by atoms with E-state index >= 15 is 0 Å². The van der Waals surface area contributed by atoms with Crippen LogP contribution in [0.2, 0.25) is 0 Å². The summed E-state index contributed by atoms with van der Waals surface area (Å²) < 4.78 is 27.8. The smallest absolute Gasteiger partial charge is 0.321 e. The van der Waals surface area contributed by atoms with E-state index in [1.807, 2.05) is 0 Å². The topological polar surface area (TPSA) is 63.2 Å². The van der Waals surface area contributed by atoms with Gasteiger partial charge in [0.1, 0.15) is 18.1 Å². The van der Waals surface area contributed by atoms with E-state index < -0.39 is 36.4 Å². The quantitative estimate of drug-likeness (QED) is 0.573. The van der Waals surface area contributed by atoms with Crippen LogP contribution in [0.5, 0.6) is 0 Å². The fourth-order valence-corrected chi connectivity index (χ4v) is 2.51. The van der Waals surface area contributed by atoms with E-state index in [1.54, 1.807) is 20.8 Å². The number of fused-ring (bicyclic) bond motifs is 1. The molecule has 2 heterocycles. The summed E-state index contributed by atoms with van der Waals surface area (Å²) in [7, 11) is 1.54. The van der Waals surface area contributed by atoms with Gasteiger partial charge in [0.15, 0.2) is 18.2 Å². The maximum atomic E-state index is 11.4. The number of halogens is 1. The summed E-state index contributed by atoms with van der Waals surface area (Å²) in [5.74, 6) is -1.49. The number of carbonyl (C=O) groups excluding carboxylic acids is 1. The van der Waals surface area contributed by atoms with Gasteiger partial charge < -0.3 is 23.7 Å². The average Bonchev–Trinajstić information content (AvgIpc) is 2.67. The number of esters is 1. The molecule has 0 aromatic carbocycles. The van der Waals surface area contributed by atoms with E-state index in [9.17, 15) is 4.79 Å². The summed E-state index contributed by atoms with van der Waals surface area (Å²) in [5.41, 5.74) is 0. The molecule has 19 heavy (non-hydrogen) atoms. The van der Waals surface area contributed by atoms with Crippen molar-refractivity contribution in [2.24, 2.45) is 0 Å². The minimum absolute atomic E-state index is 0.210. The van der Waals surface area contributed by atoms with Crippen molar-refractivity contribution in [3.63, 3.8) is 0 Å². The summed E-state index contributed by atoms with van der Waals surface area (Å²) >= 11 is 5.46.